The van der Waals surface area contributed by atoms with Gasteiger partial charge in [-0.2, -0.15) is 0 Å². The predicted octanol–water partition coefficient (Wildman–Crippen LogP) is 2.94. The summed E-state index contributed by atoms with van der Waals surface area (Å²) in [7, 11) is 0. The molecular formula is C10H9BrN2O. The van der Waals surface area contributed by atoms with E-state index in [1.807, 2.05) is 31.2 Å². The topological polar surface area (TPSA) is 38.9 Å². The Kier molecular flexibility index (Phi) is 2.63. The fourth-order valence-electron chi connectivity index (χ4n) is 1.20. The zero-order valence-electron chi connectivity index (χ0n) is 7.70. The summed E-state index contributed by atoms with van der Waals surface area (Å²) in [5.41, 5.74) is 2.14. The molecule has 14 heavy (non-hydrogen) atoms. The second-order valence-electron chi connectivity index (χ2n) is 3.00. The van der Waals surface area contributed by atoms with E-state index in [2.05, 4.69) is 26.1 Å². The number of nitrogens with zero attached hydrogens (tertiary/aromatic N) is 2. The first-order valence-electron chi connectivity index (χ1n) is 4.25. The first-order chi connectivity index (χ1) is 6.79. The molecule has 2 aromatic rings. The van der Waals surface area contributed by atoms with Crippen LogP contribution in [0.1, 0.15) is 11.5 Å². The van der Waals surface area contributed by atoms with Crippen molar-refractivity contribution in [1.29, 1.82) is 0 Å². The van der Waals surface area contributed by atoms with Crippen molar-refractivity contribution in [2.75, 3.05) is 0 Å². The summed E-state index contributed by atoms with van der Waals surface area (Å²) in [6.07, 6.45) is 0. The average molecular weight is 253 g/mol. The second-order valence-corrected chi connectivity index (χ2v) is 3.56. The Morgan fingerprint density at radius 2 is 2.21 bits per heavy atom. The summed E-state index contributed by atoms with van der Waals surface area (Å²) >= 11 is 3.26. The lowest BCUT2D eigenvalue weighted by Crippen LogP contribution is -1.78. The lowest BCUT2D eigenvalue weighted by Gasteiger charge is -1.95. The molecule has 0 radical (unpaired) electrons. The molecule has 0 atom stereocenters. The third kappa shape index (κ3) is 1.85. The Labute approximate surface area is 90.3 Å². The minimum Gasteiger partial charge on any atom is -0.420 e. The van der Waals surface area contributed by atoms with Crippen LogP contribution < -0.4 is 0 Å². The van der Waals surface area contributed by atoms with Crippen LogP contribution in [0.25, 0.3) is 11.5 Å². The van der Waals surface area contributed by atoms with Gasteiger partial charge >= 0.3 is 0 Å². The molecule has 0 aliphatic carbocycles. The van der Waals surface area contributed by atoms with Crippen LogP contribution in [0.5, 0.6) is 0 Å². The Balaban J connectivity index is 2.39. The highest BCUT2D eigenvalue weighted by Crippen LogP contribution is 2.19. The molecule has 0 fully saturated rings. The van der Waals surface area contributed by atoms with Crippen LogP contribution >= 0.6 is 15.9 Å². The van der Waals surface area contributed by atoms with Gasteiger partial charge in [0, 0.05) is 5.56 Å². The molecule has 72 valence electrons. The molecule has 1 aromatic heterocycles. The van der Waals surface area contributed by atoms with Crippen LogP contribution in [-0.2, 0) is 5.33 Å². The van der Waals surface area contributed by atoms with Crippen LogP contribution in [0, 0.1) is 6.92 Å². The van der Waals surface area contributed by atoms with Gasteiger partial charge in [-0.05, 0) is 19.1 Å². The molecule has 0 aliphatic heterocycles. The number of aromatic nitrogens is 2. The Hall–Kier alpha value is -1.16. The molecule has 1 aromatic carbocycles. The van der Waals surface area contributed by atoms with Crippen LogP contribution in [0.4, 0.5) is 0 Å². The summed E-state index contributed by atoms with van der Waals surface area (Å²) in [5, 5.41) is 8.42. The van der Waals surface area contributed by atoms with Gasteiger partial charge in [-0.25, -0.2) is 0 Å². The number of rotatable bonds is 2. The summed E-state index contributed by atoms with van der Waals surface area (Å²) in [6.45, 7) is 2.03. The van der Waals surface area contributed by atoms with E-state index in [1.54, 1.807) is 0 Å². The average Bonchev–Trinajstić information content (AvgIpc) is 2.66. The van der Waals surface area contributed by atoms with Crippen molar-refractivity contribution in [2.45, 2.75) is 12.3 Å². The van der Waals surface area contributed by atoms with Gasteiger partial charge in [0.15, 0.2) is 0 Å². The van der Waals surface area contributed by atoms with E-state index in [-0.39, 0.29) is 0 Å². The van der Waals surface area contributed by atoms with Gasteiger partial charge in [0.25, 0.3) is 0 Å². The molecule has 0 unspecified atom stereocenters. The molecule has 0 bridgehead atoms. The first kappa shape index (κ1) is 9.40. The van der Waals surface area contributed by atoms with Crippen molar-refractivity contribution in [3.05, 3.63) is 35.7 Å². The standard InChI is InChI=1S/C10H9BrN2O/c1-7-3-2-4-8(5-7)10-13-12-9(6-11)14-10/h2-5H,6H2,1H3. The van der Waals surface area contributed by atoms with Crippen molar-refractivity contribution in [3.8, 4) is 11.5 Å². The molecule has 3 nitrogen and oxygen atoms in total. The Morgan fingerprint density at radius 1 is 1.36 bits per heavy atom. The highest BCUT2D eigenvalue weighted by molar-refractivity contribution is 9.08. The number of benzene rings is 1. The molecule has 0 aliphatic rings. The van der Waals surface area contributed by atoms with Crippen molar-refractivity contribution in [3.63, 3.8) is 0 Å². The molecule has 0 N–H and O–H groups in total. The molecule has 2 rings (SSSR count). The highest BCUT2D eigenvalue weighted by Gasteiger charge is 2.06. The number of hydrogen-bond acceptors (Lipinski definition) is 3. The largest absolute Gasteiger partial charge is 0.420 e. The van der Waals surface area contributed by atoms with Crippen molar-refractivity contribution < 1.29 is 4.42 Å². The molecule has 0 amide bonds. The second kappa shape index (κ2) is 3.92. The zero-order valence-corrected chi connectivity index (χ0v) is 9.28. The molecule has 0 saturated carbocycles. The molecule has 0 saturated heterocycles. The molecule has 0 spiro atoms. The lowest BCUT2D eigenvalue weighted by molar-refractivity contribution is 0.529. The molecule has 1 heterocycles. The fourth-order valence-corrected chi connectivity index (χ4v) is 1.43. The number of aryl methyl sites for hydroxylation is 1. The summed E-state index contributed by atoms with van der Waals surface area (Å²) in [4.78, 5) is 0. The predicted molar refractivity (Wildman–Crippen MR) is 57.1 cm³/mol. The monoisotopic (exact) mass is 252 g/mol. The van der Waals surface area contributed by atoms with E-state index < -0.39 is 0 Å². The van der Waals surface area contributed by atoms with E-state index in [0.29, 0.717) is 17.1 Å². The van der Waals surface area contributed by atoms with Crippen LogP contribution in [0.3, 0.4) is 0 Å². The third-order valence-corrected chi connectivity index (χ3v) is 2.33. The number of halogens is 1. The van der Waals surface area contributed by atoms with E-state index in [0.717, 1.165) is 5.56 Å². The minimum absolute atomic E-state index is 0.572. The SMILES string of the molecule is Cc1cccc(-c2nnc(CBr)o2)c1. The molecule has 4 heteroatoms. The smallest absolute Gasteiger partial charge is 0.247 e. The minimum atomic E-state index is 0.572. The Morgan fingerprint density at radius 3 is 2.86 bits per heavy atom. The van der Waals surface area contributed by atoms with E-state index >= 15 is 0 Å². The van der Waals surface area contributed by atoms with Crippen molar-refractivity contribution in [2.24, 2.45) is 0 Å². The fraction of sp³-hybridized carbons (Fsp3) is 0.200. The maximum atomic E-state index is 5.40. The van der Waals surface area contributed by atoms with Crippen LogP contribution in [0.2, 0.25) is 0 Å². The first-order valence-corrected chi connectivity index (χ1v) is 5.37. The quantitative estimate of drug-likeness (QED) is 0.772. The highest BCUT2D eigenvalue weighted by atomic mass is 79.9. The summed E-state index contributed by atoms with van der Waals surface area (Å²) < 4.78 is 5.40. The maximum absolute atomic E-state index is 5.40. The van der Waals surface area contributed by atoms with Gasteiger partial charge in [-0.1, -0.05) is 33.6 Å². The van der Waals surface area contributed by atoms with E-state index in [4.69, 9.17) is 4.42 Å². The van der Waals surface area contributed by atoms with Gasteiger partial charge in [-0.3, -0.25) is 0 Å². The molecular weight excluding hydrogens is 244 g/mol. The number of alkyl halides is 1. The van der Waals surface area contributed by atoms with Gasteiger partial charge in [0.2, 0.25) is 11.8 Å². The maximum Gasteiger partial charge on any atom is 0.247 e. The normalized spacial score (nSPS) is 10.4. The summed E-state index contributed by atoms with van der Waals surface area (Å²) in [5.74, 6) is 1.17. The van der Waals surface area contributed by atoms with Crippen LogP contribution in [0.15, 0.2) is 28.7 Å². The van der Waals surface area contributed by atoms with Gasteiger partial charge in [0.05, 0.1) is 5.33 Å². The third-order valence-electron chi connectivity index (χ3n) is 1.85. The Bertz CT molecular complexity index is 439. The van der Waals surface area contributed by atoms with E-state index in [1.165, 1.54) is 5.56 Å². The number of hydrogen-bond donors (Lipinski definition) is 0. The summed E-state index contributed by atoms with van der Waals surface area (Å²) in [6, 6.07) is 7.98. The van der Waals surface area contributed by atoms with E-state index in [9.17, 15) is 0 Å². The van der Waals surface area contributed by atoms with Crippen molar-refractivity contribution in [1.82, 2.24) is 10.2 Å². The van der Waals surface area contributed by atoms with Gasteiger partial charge in [-0.15, -0.1) is 10.2 Å². The van der Waals surface area contributed by atoms with Gasteiger partial charge < -0.3 is 4.42 Å². The lowest BCUT2D eigenvalue weighted by atomic mass is 10.1. The van der Waals surface area contributed by atoms with Gasteiger partial charge in [0.1, 0.15) is 0 Å². The van der Waals surface area contributed by atoms with Crippen LogP contribution in [-0.4, -0.2) is 10.2 Å². The zero-order chi connectivity index (χ0) is 9.97. The van der Waals surface area contributed by atoms with Crippen molar-refractivity contribution >= 4 is 15.9 Å².